The molecule has 0 heterocycles. The highest BCUT2D eigenvalue weighted by atomic mass is 14.0. The minimum atomic E-state index is 1.07. The first-order valence-corrected chi connectivity index (χ1v) is 9.77. The van der Waals surface area contributed by atoms with Gasteiger partial charge in [0.1, 0.15) is 0 Å². The van der Waals surface area contributed by atoms with E-state index in [2.05, 4.69) is 65.3 Å². The fourth-order valence-corrected chi connectivity index (χ4v) is 1.90. The van der Waals surface area contributed by atoms with Crippen LogP contribution in [0.2, 0.25) is 0 Å². The van der Waals surface area contributed by atoms with Crippen molar-refractivity contribution < 1.29 is 0 Å². The molecule has 0 fully saturated rings. The van der Waals surface area contributed by atoms with Gasteiger partial charge in [0.2, 0.25) is 0 Å². The van der Waals surface area contributed by atoms with Crippen LogP contribution in [0.15, 0.2) is 83.6 Å². The van der Waals surface area contributed by atoms with Crippen molar-refractivity contribution in [3.63, 3.8) is 0 Å². The summed E-state index contributed by atoms with van der Waals surface area (Å²) in [5, 5.41) is 0. The molecule has 0 aliphatic heterocycles. The Bertz CT molecular complexity index is 545. The second-order valence-electron chi connectivity index (χ2n) is 6.62. The molecule has 0 heteroatoms. The maximum atomic E-state index is 3.94. The first-order valence-electron chi connectivity index (χ1n) is 9.77. The summed E-state index contributed by atoms with van der Waals surface area (Å²) in [7, 11) is 0. The summed E-state index contributed by atoms with van der Waals surface area (Å²) in [6, 6.07) is 0. The van der Waals surface area contributed by atoms with Gasteiger partial charge in [-0.3, -0.25) is 0 Å². The second kappa shape index (κ2) is 18.0. The maximum Gasteiger partial charge on any atom is -0.0231 e. The van der Waals surface area contributed by atoms with Gasteiger partial charge in [-0.15, -0.1) is 0 Å². The van der Waals surface area contributed by atoms with E-state index in [1.165, 1.54) is 23.1 Å². The van der Waals surface area contributed by atoms with Crippen molar-refractivity contribution >= 4 is 0 Å². The van der Waals surface area contributed by atoms with E-state index in [0.717, 1.165) is 35.1 Å². The molecule has 0 saturated heterocycles. The van der Waals surface area contributed by atoms with Crippen LogP contribution in [0.5, 0.6) is 0 Å². The minimum absolute atomic E-state index is 1.07. The van der Waals surface area contributed by atoms with Crippen LogP contribution in [0, 0.1) is 0 Å². The van der Waals surface area contributed by atoms with Crippen molar-refractivity contribution in [1.29, 1.82) is 0 Å². The van der Waals surface area contributed by atoms with Crippen molar-refractivity contribution in [2.75, 3.05) is 0 Å². The Morgan fingerprint density at radius 2 is 1.15 bits per heavy atom. The minimum Gasteiger partial charge on any atom is -0.0961 e. The largest absolute Gasteiger partial charge is 0.0961 e. The molecule has 0 aromatic rings. The van der Waals surface area contributed by atoms with Gasteiger partial charge in [-0.1, -0.05) is 107 Å². The van der Waals surface area contributed by atoms with E-state index in [0.29, 0.717) is 0 Å². The van der Waals surface area contributed by atoms with Gasteiger partial charge in [0.15, 0.2) is 0 Å². The molecule has 0 spiro atoms. The molecule has 0 aliphatic rings. The average Bonchev–Trinajstić information content (AvgIpc) is 2.55. The van der Waals surface area contributed by atoms with Crippen molar-refractivity contribution in [3.8, 4) is 0 Å². The van der Waals surface area contributed by atoms with Crippen LogP contribution in [0.4, 0.5) is 0 Å². The van der Waals surface area contributed by atoms with Gasteiger partial charge in [-0.05, 0) is 58.6 Å². The van der Waals surface area contributed by atoms with Gasteiger partial charge in [0, 0.05) is 0 Å². The van der Waals surface area contributed by atoms with E-state index >= 15 is 0 Å². The molecule has 0 unspecified atom stereocenters. The molecular formula is C26H44. The van der Waals surface area contributed by atoms with E-state index < -0.39 is 0 Å². The summed E-state index contributed by atoms with van der Waals surface area (Å²) in [6.45, 7) is 34.1. The van der Waals surface area contributed by atoms with Gasteiger partial charge in [-0.2, -0.15) is 0 Å². The van der Waals surface area contributed by atoms with E-state index in [-0.39, 0.29) is 0 Å². The molecule has 148 valence electrons. The van der Waals surface area contributed by atoms with Crippen LogP contribution in [0.3, 0.4) is 0 Å². The molecule has 0 amide bonds. The third-order valence-corrected chi connectivity index (χ3v) is 3.34. The fourth-order valence-electron chi connectivity index (χ4n) is 1.90. The van der Waals surface area contributed by atoms with Gasteiger partial charge in [0.25, 0.3) is 0 Å². The van der Waals surface area contributed by atoms with E-state index in [1.54, 1.807) is 0 Å². The molecule has 0 radical (unpaired) electrons. The Balaban J connectivity index is -0.000000375. The highest BCUT2D eigenvalue weighted by molar-refractivity contribution is 5.42. The summed E-state index contributed by atoms with van der Waals surface area (Å²) in [6.07, 6.45) is 9.74. The zero-order chi connectivity index (χ0) is 21.3. The summed E-state index contributed by atoms with van der Waals surface area (Å²) >= 11 is 0. The zero-order valence-electron chi connectivity index (χ0n) is 19.2. The van der Waals surface area contributed by atoms with Gasteiger partial charge in [0.05, 0.1) is 0 Å². The highest BCUT2D eigenvalue weighted by Crippen LogP contribution is 2.16. The van der Waals surface area contributed by atoms with Crippen molar-refractivity contribution in [3.05, 3.63) is 83.6 Å². The molecule has 0 nitrogen and oxygen atoms in total. The maximum absolute atomic E-state index is 3.94. The predicted molar refractivity (Wildman–Crippen MR) is 126 cm³/mol. The molecule has 0 saturated carbocycles. The molecule has 0 aliphatic carbocycles. The number of hydrogen-bond donors (Lipinski definition) is 0. The Morgan fingerprint density at radius 3 is 1.42 bits per heavy atom. The van der Waals surface area contributed by atoms with Crippen LogP contribution < -0.4 is 0 Å². The topological polar surface area (TPSA) is 0 Å². The third kappa shape index (κ3) is 18.5. The molecule has 0 aromatic carbocycles. The lowest BCUT2D eigenvalue weighted by atomic mass is 10.0. The Kier molecular flexibility index (Phi) is 20.0. The molecule has 0 bridgehead atoms. The Hall–Kier alpha value is -1.82. The number of hydrogen-bond acceptors (Lipinski definition) is 0. The van der Waals surface area contributed by atoms with Crippen LogP contribution in [-0.4, -0.2) is 0 Å². The summed E-state index contributed by atoms with van der Waals surface area (Å²) in [5.41, 5.74) is 8.32. The molecular weight excluding hydrogens is 312 g/mol. The highest BCUT2D eigenvalue weighted by Gasteiger charge is 1.95. The van der Waals surface area contributed by atoms with Gasteiger partial charge in [-0.25, -0.2) is 0 Å². The Labute approximate surface area is 165 Å². The molecule has 0 rings (SSSR count). The lowest BCUT2D eigenvalue weighted by Gasteiger charge is -2.04. The summed E-state index contributed by atoms with van der Waals surface area (Å²) in [4.78, 5) is 0. The van der Waals surface area contributed by atoms with E-state index in [9.17, 15) is 0 Å². The van der Waals surface area contributed by atoms with Crippen molar-refractivity contribution in [2.24, 2.45) is 0 Å². The predicted octanol–water partition coefficient (Wildman–Crippen LogP) is 9.31. The monoisotopic (exact) mass is 356 g/mol. The summed E-state index contributed by atoms with van der Waals surface area (Å²) in [5.74, 6) is 0. The van der Waals surface area contributed by atoms with Crippen molar-refractivity contribution in [1.82, 2.24) is 0 Å². The summed E-state index contributed by atoms with van der Waals surface area (Å²) < 4.78 is 0. The van der Waals surface area contributed by atoms with Crippen molar-refractivity contribution in [2.45, 2.75) is 81.6 Å². The fraction of sp³-hybridized carbons (Fsp3) is 0.462. The van der Waals surface area contributed by atoms with Crippen LogP contribution in [0.25, 0.3) is 0 Å². The molecule has 0 N–H and O–H groups in total. The van der Waals surface area contributed by atoms with Gasteiger partial charge >= 0.3 is 0 Å². The number of allylic oxidation sites excluding steroid dienone is 10. The van der Waals surface area contributed by atoms with Crippen LogP contribution >= 0.6 is 0 Å². The van der Waals surface area contributed by atoms with Crippen LogP contribution in [0.1, 0.15) is 81.6 Å². The zero-order valence-corrected chi connectivity index (χ0v) is 19.2. The normalized spacial score (nSPS) is 11.5. The SMILES string of the molecule is C=C(C)/C=C(/CCC)C(=C)C.C=C(C)/C=C(\C=C(/C)CC)C(=C)C.CC. The lowest BCUT2D eigenvalue weighted by Crippen LogP contribution is -1.84. The standard InChI is InChI=1S/C13H20.C11H18.C2H6/c1-7-12(6)9-13(11(4)5)8-10(2)3;1-6-7-11(10(4)5)8-9(2)3;1-2/h8-9H,2,4,7H2,1,3,5-6H3;8H,2,4,6-7H2,1,3,5H3;1-2H3/b12-9+,13-8+;11-8-;. The molecule has 0 aromatic heterocycles. The Morgan fingerprint density at radius 1 is 0.692 bits per heavy atom. The number of rotatable bonds is 8. The van der Waals surface area contributed by atoms with Crippen LogP contribution in [-0.2, 0) is 0 Å². The first kappa shape index (κ1) is 29.0. The third-order valence-electron chi connectivity index (χ3n) is 3.34. The smallest absolute Gasteiger partial charge is 0.0231 e. The average molecular weight is 357 g/mol. The van der Waals surface area contributed by atoms with E-state index in [1.807, 2.05) is 41.5 Å². The lowest BCUT2D eigenvalue weighted by molar-refractivity contribution is 0.911. The quantitative estimate of drug-likeness (QED) is 0.380. The molecule has 26 heavy (non-hydrogen) atoms. The second-order valence-corrected chi connectivity index (χ2v) is 6.62. The molecule has 0 atom stereocenters. The first-order chi connectivity index (χ1) is 12.0. The van der Waals surface area contributed by atoms with Gasteiger partial charge < -0.3 is 0 Å². The van der Waals surface area contributed by atoms with E-state index in [4.69, 9.17) is 0 Å².